The van der Waals surface area contributed by atoms with Crippen molar-refractivity contribution in [2.45, 2.75) is 5.60 Å². The van der Waals surface area contributed by atoms with Crippen LogP contribution in [0.2, 0.25) is 0 Å². The molecule has 0 N–H and O–H groups in total. The quantitative estimate of drug-likeness (QED) is 0.188. The molecule has 2 heterocycles. The number of hydrogen-bond acceptors (Lipinski definition) is 3. The lowest BCUT2D eigenvalue weighted by Gasteiger charge is -2.37. The van der Waals surface area contributed by atoms with E-state index in [0.29, 0.717) is 5.56 Å². The summed E-state index contributed by atoms with van der Waals surface area (Å²) < 4.78 is 16.7. The van der Waals surface area contributed by atoms with Gasteiger partial charge in [-0.3, -0.25) is 0 Å². The van der Waals surface area contributed by atoms with E-state index < -0.39 is 5.60 Å². The fourth-order valence-electron chi connectivity index (χ4n) is 3.72. The number of carbonyl (C=O) groups is 1. The van der Waals surface area contributed by atoms with Crippen molar-refractivity contribution in [1.82, 2.24) is 0 Å². The molecule has 5 rings (SSSR count). The average molecular weight is 804 g/mol. The molecule has 0 fully saturated rings. The van der Waals surface area contributed by atoms with E-state index in [1.165, 1.54) is 0 Å². The van der Waals surface area contributed by atoms with Crippen molar-refractivity contribution in [3.63, 3.8) is 0 Å². The van der Waals surface area contributed by atoms with Crippen molar-refractivity contribution in [1.29, 1.82) is 0 Å². The molecule has 27 heavy (non-hydrogen) atoms. The van der Waals surface area contributed by atoms with E-state index in [1.54, 1.807) is 0 Å². The Morgan fingerprint density at radius 3 is 1.89 bits per heavy atom. The van der Waals surface area contributed by atoms with Crippen molar-refractivity contribution >= 4 is 96.3 Å². The first-order valence-electron chi connectivity index (χ1n) is 7.91. The minimum Gasteiger partial charge on any atom is -0.454 e. The van der Waals surface area contributed by atoms with Gasteiger partial charge >= 0.3 is 5.97 Å². The molecule has 3 aromatic carbocycles. The lowest BCUT2D eigenvalue weighted by atomic mass is 9.78. The second-order valence-electron chi connectivity index (χ2n) is 6.25. The molecule has 0 amide bonds. The molecule has 0 unspecified atom stereocenters. The number of esters is 1. The highest BCUT2D eigenvalue weighted by Crippen LogP contribution is 2.58. The maximum atomic E-state index is 12.8. The van der Waals surface area contributed by atoms with Crippen molar-refractivity contribution in [3.05, 3.63) is 85.1 Å². The smallest absolute Gasteiger partial charge is 0.340 e. The molecule has 0 saturated carbocycles. The highest BCUT2D eigenvalue weighted by atomic mass is 127. The number of hydrogen-bond donors (Lipinski definition) is 0. The van der Waals surface area contributed by atoms with Gasteiger partial charge in [0.15, 0.2) is 5.60 Å². The summed E-state index contributed by atoms with van der Waals surface area (Å²) in [7, 11) is 0. The third-order valence-electron chi connectivity index (χ3n) is 4.75. The number of halogens is 4. The largest absolute Gasteiger partial charge is 0.454 e. The molecule has 0 saturated heterocycles. The Morgan fingerprint density at radius 1 is 0.741 bits per heavy atom. The number of ether oxygens (including phenoxy) is 2. The van der Waals surface area contributed by atoms with Crippen LogP contribution < -0.4 is 4.74 Å². The molecule has 0 aliphatic carbocycles. The van der Waals surface area contributed by atoms with Crippen LogP contribution in [-0.2, 0) is 10.3 Å². The SMILES string of the molecule is O=C1OC2(c3ccccc31)c1cc(I)cc(I)c1Oc1c(I)cc(I)cc12. The normalized spacial score (nSPS) is 15.6. The molecule has 0 aromatic heterocycles. The predicted molar refractivity (Wildman–Crippen MR) is 136 cm³/mol. The Kier molecular flexibility index (Phi) is 4.67. The lowest BCUT2D eigenvalue weighted by Crippen LogP contribution is -2.34. The van der Waals surface area contributed by atoms with Crippen LogP contribution in [0.3, 0.4) is 0 Å². The van der Waals surface area contributed by atoms with Crippen molar-refractivity contribution in [2.24, 2.45) is 0 Å². The van der Waals surface area contributed by atoms with Gasteiger partial charge in [-0.05, 0) is 121 Å². The third kappa shape index (κ3) is 2.70. The zero-order chi connectivity index (χ0) is 18.9. The molecule has 134 valence electrons. The van der Waals surface area contributed by atoms with Crippen LogP contribution in [0.25, 0.3) is 0 Å². The van der Waals surface area contributed by atoms with Gasteiger partial charge in [-0.1, -0.05) is 18.2 Å². The average Bonchev–Trinajstić information content (AvgIpc) is 2.91. The highest BCUT2D eigenvalue weighted by molar-refractivity contribution is 14.1. The van der Waals surface area contributed by atoms with E-state index >= 15 is 0 Å². The molecular weight excluding hydrogens is 796 g/mol. The number of benzene rings is 3. The molecule has 0 bridgehead atoms. The summed E-state index contributed by atoms with van der Waals surface area (Å²) in [5, 5.41) is 0. The van der Waals surface area contributed by atoms with Crippen molar-refractivity contribution < 1.29 is 14.3 Å². The van der Waals surface area contributed by atoms with E-state index in [1.807, 2.05) is 24.3 Å². The van der Waals surface area contributed by atoms with Gasteiger partial charge in [-0.25, -0.2) is 4.79 Å². The number of carbonyl (C=O) groups excluding carboxylic acids is 1. The Morgan fingerprint density at radius 2 is 1.30 bits per heavy atom. The number of rotatable bonds is 0. The topological polar surface area (TPSA) is 35.5 Å². The second kappa shape index (κ2) is 6.69. The van der Waals surface area contributed by atoms with E-state index in [0.717, 1.165) is 42.5 Å². The van der Waals surface area contributed by atoms with Gasteiger partial charge in [-0.2, -0.15) is 0 Å². The molecule has 7 heteroatoms. The zero-order valence-corrected chi connectivity index (χ0v) is 22.0. The summed E-state index contributed by atoms with van der Waals surface area (Å²) in [6, 6.07) is 15.9. The summed E-state index contributed by atoms with van der Waals surface area (Å²) in [5.41, 5.74) is 2.25. The van der Waals surface area contributed by atoms with E-state index in [-0.39, 0.29) is 5.97 Å². The van der Waals surface area contributed by atoms with Gasteiger partial charge < -0.3 is 9.47 Å². The Labute approximate surface area is 210 Å². The Bertz CT molecular complexity index is 1100. The zero-order valence-electron chi connectivity index (χ0n) is 13.4. The Balaban J connectivity index is 1.97. The third-order valence-corrected chi connectivity index (χ3v) is 7.60. The molecule has 0 atom stereocenters. The molecule has 2 aliphatic rings. The molecular formula is C20H8I4O3. The van der Waals surface area contributed by atoms with E-state index in [2.05, 4.69) is 115 Å². The van der Waals surface area contributed by atoms with Crippen LogP contribution in [0.15, 0.2) is 48.5 Å². The minimum absolute atomic E-state index is 0.299. The van der Waals surface area contributed by atoms with Crippen LogP contribution in [0.4, 0.5) is 0 Å². The first kappa shape index (κ1) is 18.9. The lowest BCUT2D eigenvalue weighted by molar-refractivity contribution is 0.0223. The monoisotopic (exact) mass is 804 g/mol. The first-order chi connectivity index (χ1) is 12.9. The van der Waals surface area contributed by atoms with Gasteiger partial charge in [0, 0.05) is 23.8 Å². The van der Waals surface area contributed by atoms with Crippen molar-refractivity contribution in [2.75, 3.05) is 0 Å². The van der Waals surface area contributed by atoms with Crippen LogP contribution >= 0.6 is 90.4 Å². The predicted octanol–water partition coefficient (Wildman–Crippen LogP) is 6.67. The summed E-state index contributed by atoms with van der Waals surface area (Å²) in [4.78, 5) is 12.8. The maximum absolute atomic E-state index is 12.8. The maximum Gasteiger partial charge on any atom is 0.340 e. The minimum atomic E-state index is -0.987. The fraction of sp³-hybridized carbons (Fsp3) is 0.0500. The number of fused-ring (bicyclic) bond motifs is 6. The second-order valence-corrected chi connectivity index (χ2v) is 11.1. The summed E-state index contributed by atoms with van der Waals surface area (Å²) in [5.74, 6) is 1.21. The summed E-state index contributed by atoms with van der Waals surface area (Å²) >= 11 is 9.16. The van der Waals surface area contributed by atoms with E-state index in [4.69, 9.17) is 9.47 Å². The summed E-state index contributed by atoms with van der Waals surface area (Å²) in [6.07, 6.45) is 0. The first-order valence-corrected chi connectivity index (χ1v) is 12.2. The van der Waals surface area contributed by atoms with Gasteiger partial charge in [0.25, 0.3) is 0 Å². The van der Waals surface area contributed by atoms with Crippen molar-refractivity contribution in [3.8, 4) is 11.5 Å². The van der Waals surface area contributed by atoms with Crippen LogP contribution in [0, 0.1) is 14.3 Å². The summed E-state index contributed by atoms with van der Waals surface area (Å²) in [6.45, 7) is 0. The molecule has 3 aromatic rings. The van der Waals surface area contributed by atoms with Gasteiger partial charge in [-0.15, -0.1) is 0 Å². The standard InChI is InChI=1S/C20H8I4O3/c21-9-5-13-17(15(23)7-9)26-18-14(6-10(22)8-16(18)24)20(13)12-4-2-1-3-11(12)19(25)27-20/h1-8H. The van der Waals surface area contributed by atoms with Gasteiger partial charge in [0.05, 0.1) is 12.7 Å². The van der Waals surface area contributed by atoms with E-state index in [9.17, 15) is 4.79 Å². The van der Waals surface area contributed by atoms with Crippen LogP contribution in [0.5, 0.6) is 11.5 Å². The van der Waals surface area contributed by atoms with Crippen LogP contribution in [-0.4, -0.2) is 5.97 Å². The molecule has 1 spiro atoms. The molecule has 3 nitrogen and oxygen atoms in total. The Hall–Kier alpha value is -0.150. The van der Waals surface area contributed by atoms with Gasteiger partial charge in [0.2, 0.25) is 0 Å². The van der Waals surface area contributed by atoms with Gasteiger partial charge in [0.1, 0.15) is 11.5 Å². The molecule has 2 aliphatic heterocycles. The molecule has 0 radical (unpaired) electrons. The van der Waals surface area contributed by atoms with Crippen LogP contribution in [0.1, 0.15) is 27.0 Å². The fourth-order valence-corrected chi connectivity index (χ4v) is 7.63. The highest BCUT2D eigenvalue weighted by Gasteiger charge is 2.54.